The fourth-order valence-electron chi connectivity index (χ4n) is 2.69. The first-order valence-electron chi connectivity index (χ1n) is 7.32. The molecule has 2 atom stereocenters. The van der Waals surface area contributed by atoms with Crippen molar-refractivity contribution in [2.75, 3.05) is 33.7 Å². The summed E-state index contributed by atoms with van der Waals surface area (Å²) in [5, 5.41) is 3.28. The van der Waals surface area contributed by atoms with Gasteiger partial charge in [0.15, 0.2) is 0 Å². The van der Waals surface area contributed by atoms with Gasteiger partial charge in [0.25, 0.3) is 0 Å². The Morgan fingerprint density at radius 1 is 1.43 bits per heavy atom. The summed E-state index contributed by atoms with van der Waals surface area (Å²) in [5.74, 6) is 0.193. The molecule has 1 amide bonds. The maximum absolute atomic E-state index is 12.4. The van der Waals surface area contributed by atoms with Crippen LogP contribution < -0.4 is 5.32 Å². The Hall–Kier alpha value is -1.10. The third-order valence-electron chi connectivity index (χ3n) is 4.30. The number of nitrogens with zero attached hydrogens (tertiary/aromatic N) is 2. The molecule has 0 bridgehead atoms. The Balaban J connectivity index is 0.00000220. The van der Waals surface area contributed by atoms with Gasteiger partial charge in [0.05, 0.1) is 12.6 Å². The average Bonchev–Trinajstić information content (AvgIpc) is 2.94. The summed E-state index contributed by atoms with van der Waals surface area (Å²) >= 11 is 0. The van der Waals surface area contributed by atoms with E-state index in [-0.39, 0.29) is 24.4 Å². The van der Waals surface area contributed by atoms with Gasteiger partial charge in [-0.1, -0.05) is 30.3 Å². The minimum atomic E-state index is 0. The highest BCUT2D eigenvalue weighted by atomic mass is 35.5. The number of amides is 1. The van der Waals surface area contributed by atoms with Crippen molar-refractivity contribution in [3.05, 3.63) is 35.9 Å². The van der Waals surface area contributed by atoms with E-state index in [1.807, 2.05) is 37.2 Å². The Kier molecular flexibility index (Phi) is 7.15. The van der Waals surface area contributed by atoms with Gasteiger partial charge in [-0.2, -0.15) is 0 Å². The van der Waals surface area contributed by atoms with Crippen LogP contribution in [0.1, 0.15) is 24.9 Å². The summed E-state index contributed by atoms with van der Waals surface area (Å²) in [6, 6.07) is 10.8. The lowest BCUT2D eigenvalue weighted by atomic mass is 10.1. The van der Waals surface area contributed by atoms with Crippen molar-refractivity contribution in [2.45, 2.75) is 25.4 Å². The predicted molar refractivity (Wildman–Crippen MR) is 88.8 cm³/mol. The minimum absolute atomic E-state index is 0. The molecule has 21 heavy (non-hydrogen) atoms. The average molecular weight is 312 g/mol. The number of nitrogens with one attached hydrogen (secondary N) is 1. The molecule has 1 aliphatic rings. The molecule has 1 saturated heterocycles. The number of halogens is 1. The van der Waals surface area contributed by atoms with Crippen LogP contribution in [0.15, 0.2) is 30.3 Å². The first-order chi connectivity index (χ1) is 9.61. The molecule has 0 radical (unpaired) electrons. The molecule has 4 nitrogen and oxygen atoms in total. The summed E-state index contributed by atoms with van der Waals surface area (Å²) in [7, 11) is 3.88. The normalized spacial score (nSPS) is 19.9. The third-order valence-corrected chi connectivity index (χ3v) is 4.30. The quantitative estimate of drug-likeness (QED) is 0.902. The van der Waals surface area contributed by atoms with Crippen LogP contribution in [0, 0.1) is 0 Å². The molecule has 2 unspecified atom stereocenters. The Bertz CT molecular complexity index is 440. The summed E-state index contributed by atoms with van der Waals surface area (Å²) in [4.78, 5) is 16.5. The Morgan fingerprint density at radius 2 is 2.10 bits per heavy atom. The van der Waals surface area contributed by atoms with Crippen molar-refractivity contribution in [1.82, 2.24) is 15.1 Å². The molecule has 0 aromatic heterocycles. The standard InChI is InChI=1S/C16H25N3O.ClH/c1-13(14-7-5-4-6-8-14)18(3)16(20)12-19-10-9-15(11-19)17-2;/h4-8,13,15,17H,9-12H2,1-3H3;1H. The molecule has 1 aliphatic heterocycles. The second kappa shape index (κ2) is 8.37. The topological polar surface area (TPSA) is 35.6 Å². The van der Waals surface area contributed by atoms with Gasteiger partial charge in [-0.15, -0.1) is 12.4 Å². The van der Waals surface area contributed by atoms with Crippen molar-refractivity contribution in [1.29, 1.82) is 0 Å². The van der Waals surface area contributed by atoms with E-state index in [1.165, 1.54) is 5.56 Å². The van der Waals surface area contributed by atoms with Gasteiger partial charge in [0.2, 0.25) is 5.91 Å². The van der Waals surface area contributed by atoms with Gasteiger partial charge in [-0.3, -0.25) is 9.69 Å². The highest BCUT2D eigenvalue weighted by Crippen LogP contribution is 2.19. The van der Waals surface area contributed by atoms with E-state index in [0.29, 0.717) is 12.6 Å². The molecule has 1 N–H and O–H groups in total. The zero-order valence-electron chi connectivity index (χ0n) is 13.1. The zero-order valence-corrected chi connectivity index (χ0v) is 13.9. The smallest absolute Gasteiger partial charge is 0.236 e. The van der Waals surface area contributed by atoms with E-state index >= 15 is 0 Å². The second-order valence-corrected chi connectivity index (χ2v) is 5.60. The number of carbonyl (C=O) groups excluding carboxylic acids is 1. The highest BCUT2D eigenvalue weighted by molar-refractivity contribution is 5.85. The largest absolute Gasteiger partial charge is 0.338 e. The molecular weight excluding hydrogens is 286 g/mol. The lowest BCUT2D eigenvalue weighted by Gasteiger charge is -2.27. The molecule has 0 saturated carbocycles. The van der Waals surface area contributed by atoms with Crippen molar-refractivity contribution < 1.29 is 4.79 Å². The number of hydrogen-bond acceptors (Lipinski definition) is 3. The Labute approximate surface area is 133 Å². The molecule has 2 rings (SSSR count). The number of benzene rings is 1. The van der Waals surface area contributed by atoms with E-state index in [2.05, 4.69) is 29.3 Å². The van der Waals surface area contributed by atoms with E-state index in [1.54, 1.807) is 0 Å². The molecule has 118 valence electrons. The third kappa shape index (κ3) is 4.70. The fraction of sp³-hybridized carbons (Fsp3) is 0.562. The minimum Gasteiger partial charge on any atom is -0.338 e. The van der Waals surface area contributed by atoms with Crippen LogP contribution in [0.4, 0.5) is 0 Å². The number of likely N-dealkylation sites (N-methyl/N-ethyl adjacent to an activating group) is 2. The maximum Gasteiger partial charge on any atom is 0.236 e. The molecule has 5 heteroatoms. The molecule has 0 aliphatic carbocycles. The van der Waals surface area contributed by atoms with Crippen molar-refractivity contribution in [2.24, 2.45) is 0 Å². The molecule has 1 heterocycles. The molecule has 1 aromatic rings. The number of carbonyl (C=O) groups is 1. The maximum atomic E-state index is 12.4. The molecule has 0 spiro atoms. The van der Waals surface area contributed by atoms with Crippen LogP contribution in [0.25, 0.3) is 0 Å². The van der Waals surface area contributed by atoms with Crippen LogP contribution in [0.2, 0.25) is 0 Å². The highest BCUT2D eigenvalue weighted by Gasteiger charge is 2.25. The van der Waals surface area contributed by atoms with Crippen molar-refractivity contribution >= 4 is 18.3 Å². The van der Waals surface area contributed by atoms with Gasteiger partial charge < -0.3 is 10.2 Å². The Morgan fingerprint density at radius 3 is 2.67 bits per heavy atom. The predicted octanol–water partition coefficient (Wildman–Crippen LogP) is 1.92. The first kappa shape index (κ1) is 18.0. The second-order valence-electron chi connectivity index (χ2n) is 5.60. The fourth-order valence-corrected chi connectivity index (χ4v) is 2.69. The van der Waals surface area contributed by atoms with E-state index in [0.717, 1.165) is 19.5 Å². The van der Waals surface area contributed by atoms with Crippen molar-refractivity contribution in [3.8, 4) is 0 Å². The molecule has 1 fully saturated rings. The SMILES string of the molecule is CNC1CCN(CC(=O)N(C)C(C)c2ccccc2)C1.Cl. The van der Waals surface area contributed by atoms with Gasteiger partial charge in [-0.25, -0.2) is 0 Å². The van der Waals surface area contributed by atoms with Gasteiger partial charge in [-0.05, 0) is 26.0 Å². The number of likely N-dealkylation sites (tertiary alicyclic amines) is 1. The van der Waals surface area contributed by atoms with Gasteiger partial charge >= 0.3 is 0 Å². The lowest BCUT2D eigenvalue weighted by Crippen LogP contribution is -2.39. The van der Waals surface area contributed by atoms with E-state index in [4.69, 9.17) is 0 Å². The van der Waals surface area contributed by atoms with Crippen LogP contribution >= 0.6 is 12.4 Å². The van der Waals surface area contributed by atoms with E-state index < -0.39 is 0 Å². The summed E-state index contributed by atoms with van der Waals surface area (Å²) in [5.41, 5.74) is 1.18. The van der Waals surface area contributed by atoms with Crippen LogP contribution in [-0.4, -0.2) is 55.5 Å². The van der Waals surface area contributed by atoms with Crippen LogP contribution in [0.5, 0.6) is 0 Å². The first-order valence-corrected chi connectivity index (χ1v) is 7.32. The summed E-state index contributed by atoms with van der Waals surface area (Å²) < 4.78 is 0. The number of rotatable bonds is 5. The zero-order chi connectivity index (χ0) is 14.5. The molecular formula is C16H26ClN3O. The lowest BCUT2D eigenvalue weighted by molar-refractivity contribution is -0.132. The summed E-state index contributed by atoms with van der Waals surface area (Å²) in [6.45, 7) is 4.57. The monoisotopic (exact) mass is 311 g/mol. The van der Waals surface area contributed by atoms with Crippen LogP contribution in [0.3, 0.4) is 0 Å². The summed E-state index contributed by atoms with van der Waals surface area (Å²) in [6.07, 6.45) is 1.13. The molecule has 1 aromatic carbocycles. The van der Waals surface area contributed by atoms with E-state index in [9.17, 15) is 4.79 Å². The number of hydrogen-bond donors (Lipinski definition) is 1. The van der Waals surface area contributed by atoms with Gasteiger partial charge in [0, 0.05) is 26.2 Å². The van der Waals surface area contributed by atoms with Gasteiger partial charge in [0.1, 0.15) is 0 Å². The van der Waals surface area contributed by atoms with Crippen molar-refractivity contribution in [3.63, 3.8) is 0 Å². The van der Waals surface area contributed by atoms with Crippen LogP contribution in [-0.2, 0) is 4.79 Å².